The molecule has 0 bridgehead atoms. The Hall–Kier alpha value is -1.26. The summed E-state index contributed by atoms with van der Waals surface area (Å²) in [7, 11) is 0. The fourth-order valence-corrected chi connectivity index (χ4v) is 0.868. The molecule has 0 aliphatic carbocycles. The first-order chi connectivity index (χ1) is 5.87. The fourth-order valence-electron chi connectivity index (χ4n) is 0.868. The van der Waals surface area contributed by atoms with Crippen LogP contribution in [0.4, 0.5) is 4.79 Å². The third kappa shape index (κ3) is 5.95. The van der Waals surface area contributed by atoms with E-state index in [0.717, 1.165) is 0 Å². The van der Waals surface area contributed by atoms with Crippen LogP contribution in [0.3, 0.4) is 0 Å². The summed E-state index contributed by atoms with van der Waals surface area (Å²) < 4.78 is 9.38. The first-order valence-electron chi connectivity index (χ1n) is 4.01. The highest BCUT2D eigenvalue weighted by Gasteiger charge is 2.26. The second-order valence-corrected chi connectivity index (χ2v) is 3.16. The molecule has 13 heavy (non-hydrogen) atoms. The minimum atomic E-state index is -0.905. The van der Waals surface area contributed by atoms with Gasteiger partial charge in [-0.3, -0.25) is 4.79 Å². The van der Waals surface area contributed by atoms with Gasteiger partial charge >= 0.3 is 12.1 Å². The van der Waals surface area contributed by atoms with Gasteiger partial charge in [-0.2, -0.15) is 0 Å². The minimum absolute atomic E-state index is 0.00375. The lowest BCUT2D eigenvalue weighted by Gasteiger charge is -2.22. The highest BCUT2D eigenvalue weighted by molar-refractivity contribution is 5.72. The third-order valence-electron chi connectivity index (χ3n) is 1.25. The van der Waals surface area contributed by atoms with E-state index in [0.29, 0.717) is 6.61 Å². The molecule has 0 spiro atoms. The van der Waals surface area contributed by atoms with E-state index in [1.165, 1.54) is 0 Å². The average molecular weight is 189 g/mol. The van der Waals surface area contributed by atoms with Gasteiger partial charge in [0.25, 0.3) is 0 Å². The molecule has 0 aromatic carbocycles. The van der Waals surface area contributed by atoms with Gasteiger partial charge < -0.3 is 15.2 Å². The maximum atomic E-state index is 11.0. The van der Waals surface area contributed by atoms with Gasteiger partial charge in [-0.1, -0.05) is 0 Å². The van der Waals surface area contributed by atoms with Crippen molar-refractivity contribution in [3.05, 3.63) is 0 Å². The molecule has 5 heteroatoms. The predicted molar refractivity (Wildman–Crippen MR) is 46.0 cm³/mol. The zero-order valence-electron chi connectivity index (χ0n) is 8.12. The lowest BCUT2D eigenvalue weighted by Crippen LogP contribution is -2.33. The highest BCUT2D eigenvalue weighted by Crippen LogP contribution is 2.14. The van der Waals surface area contributed by atoms with Crippen LogP contribution in [0, 0.1) is 0 Å². The zero-order chi connectivity index (χ0) is 10.5. The molecule has 0 aliphatic heterocycles. The van der Waals surface area contributed by atoms with E-state index >= 15 is 0 Å². The SMILES string of the molecule is CCOC(=O)CC(C)(C)OC(N)=O. The van der Waals surface area contributed by atoms with Gasteiger partial charge in [-0.15, -0.1) is 0 Å². The molecular weight excluding hydrogens is 174 g/mol. The van der Waals surface area contributed by atoms with E-state index in [1.54, 1.807) is 20.8 Å². The summed E-state index contributed by atoms with van der Waals surface area (Å²) in [4.78, 5) is 21.4. The Balaban J connectivity index is 4.00. The number of esters is 1. The molecule has 76 valence electrons. The van der Waals surface area contributed by atoms with Crippen molar-refractivity contribution < 1.29 is 19.1 Å². The molecule has 1 amide bonds. The van der Waals surface area contributed by atoms with Crippen LogP contribution in [0.5, 0.6) is 0 Å². The van der Waals surface area contributed by atoms with Crippen molar-refractivity contribution >= 4 is 12.1 Å². The summed E-state index contributed by atoms with van der Waals surface area (Å²) in [6.07, 6.45) is -0.890. The molecule has 0 aliphatic rings. The number of carbonyl (C=O) groups is 2. The van der Waals surface area contributed by atoms with E-state index in [1.807, 2.05) is 0 Å². The monoisotopic (exact) mass is 189 g/mol. The van der Waals surface area contributed by atoms with Crippen molar-refractivity contribution in [2.24, 2.45) is 5.73 Å². The minimum Gasteiger partial charge on any atom is -0.466 e. The number of ether oxygens (including phenoxy) is 2. The number of hydrogen-bond donors (Lipinski definition) is 1. The number of carbonyl (C=O) groups excluding carboxylic acids is 2. The summed E-state index contributed by atoms with van der Waals surface area (Å²) in [6.45, 7) is 5.20. The van der Waals surface area contributed by atoms with E-state index in [9.17, 15) is 9.59 Å². The summed E-state index contributed by atoms with van der Waals surface area (Å²) in [5, 5.41) is 0. The highest BCUT2D eigenvalue weighted by atomic mass is 16.6. The lowest BCUT2D eigenvalue weighted by atomic mass is 10.1. The Labute approximate surface area is 77.2 Å². The van der Waals surface area contributed by atoms with Gasteiger partial charge in [0.05, 0.1) is 13.0 Å². The standard InChI is InChI=1S/C8H15NO4/c1-4-12-6(10)5-8(2,3)13-7(9)11/h4-5H2,1-3H3,(H2,9,11). The molecule has 0 rings (SSSR count). The van der Waals surface area contributed by atoms with Crippen molar-refractivity contribution in [3.8, 4) is 0 Å². The van der Waals surface area contributed by atoms with Crippen molar-refractivity contribution in [3.63, 3.8) is 0 Å². The largest absolute Gasteiger partial charge is 0.466 e. The Morgan fingerprint density at radius 1 is 1.38 bits per heavy atom. The lowest BCUT2D eigenvalue weighted by molar-refractivity contribution is -0.147. The molecule has 0 aromatic heterocycles. The topological polar surface area (TPSA) is 78.6 Å². The van der Waals surface area contributed by atoms with Crippen LogP contribution in [0.2, 0.25) is 0 Å². The van der Waals surface area contributed by atoms with Gasteiger partial charge in [0.15, 0.2) is 0 Å². The quantitative estimate of drug-likeness (QED) is 0.664. The molecule has 0 fully saturated rings. The Morgan fingerprint density at radius 2 is 1.92 bits per heavy atom. The van der Waals surface area contributed by atoms with Crippen LogP contribution in [0.15, 0.2) is 0 Å². The van der Waals surface area contributed by atoms with E-state index in [-0.39, 0.29) is 6.42 Å². The Kier molecular flexibility index (Phi) is 4.23. The fraction of sp³-hybridized carbons (Fsp3) is 0.750. The zero-order valence-corrected chi connectivity index (χ0v) is 8.12. The normalized spacial score (nSPS) is 10.7. The molecule has 0 aromatic rings. The second kappa shape index (κ2) is 4.69. The number of nitrogens with two attached hydrogens (primary N) is 1. The van der Waals surface area contributed by atoms with Gasteiger partial charge in [-0.05, 0) is 20.8 Å². The number of primary amides is 1. The number of hydrogen-bond acceptors (Lipinski definition) is 4. The molecule has 0 saturated carbocycles. The number of rotatable bonds is 4. The smallest absolute Gasteiger partial charge is 0.405 e. The van der Waals surface area contributed by atoms with E-state index < -0.39 is 17.7 Å². The molecule has 0 unspecified atom stereocenters. The summed E-state index contributed by atoms with van der Waals surface area (Å²) in [6, 6.07) is 0. The molecular formula is C8H15NO4. The summed E-state index contributed by atoms with van der Waals surface area (Å²) in [5.41, 5.74) is 3.91. The van der Waals surface area contributed by atoms with Crippen LogP contribution in [-0.2, 0) is 14.3 Å². The van der Waals surface area contributed by atoms with Crippen LogP contribution in [0.1, 0.15) is 27.2 Å². The Morgan fingerprint density at radius 3 is 2.31 bits per heavy atom. The van der Waals surface area contributed by atoms with Crippen molar-refractivity contribution in [1.82, 2.24) is 0 Å². The second-order valence-electron chi connectivity index (χ2n) is 3.16. The van der Waals surface area contributed by atoms with Gasteiger partial charge in [0.2, 0.25) is 0 Å². The van der Waals surface area contributed by atoms with Gasteiger partial charge in [0, 0.05) is 0 Å². The van der Waals surface area contributed by atoms with Crippen LogP contribution < -0.4 is 5.73 Å². The van der Waals surface area contributed by atoms with Crippen molar-refractivity contribution in [2.75, 3.05) is 6.61 Å². The summed E-state index contributed by atoms with van der Waals surface area (Å²) >= 11 is 0. The first-order valence-corrected chi connectivity index (χ1v) is 4.01. The molecule has 0 saturated heterocycles. The maximum Gasteiger partial charge on any atom is 0.405 e. The van der Waals surface area contributed by atoms with E-state index in [4.69, 9.17) is 10.5 Å². The Bertz CT molecular complexity index is 200. The van der Waals surface area contributed by atoms with Crippen LogP contribution in [0.25, 0.3) is 0 Å². The van der Waals surface area contributed by atoms with Gasteiger partial charge in [0.1, 0.15) is 5.60 Å². The predicted octanol–water partition coefficient (Wildman–Crippen LogP) is 0.814. The summed E-state index contributed by atoms with van der Waals surface area (Å²) in [5.74, 6) is -0.409. The maximum absolute atomic E-state index is 11.0. The molecule has 0 radical (unpaired) electrons. The van der Waals surface area contributed by atoms with Crippen LogP contribution in [-0.4, -0.2) is 24.3 Å². The molecule has 5 nitrogen and oxygen atoms in total. The van der Waals surface area contributed by atoms with E-state index in [2.05, 4.69) is 4.74 Å². The van der Waals surface area contributed by atoms with Crippen LogP contribution >= 0.6 is 0 Å². The molecule has 0 atom stereocenters. The van der Waals surface area contributed by atoms with Gasteiger partial charge in [-0.25, -0.2) is 4.79 Å². The third-order valence-corrected chi connectivity index (χ3v) is 1.25. The van der Waals surface area contributed by atoms with Crippen molar-refractivity contribution in [1.29, 1.82) is 0 Å². The van der Waals surface area contributed by atoms with Crippen molar-refractivity contribution in [2.45, 2.75) is 32.8 Å². The molecule has 0 heterocycles. The average Bonchev–Trinajstić information content (AvgIpc) is 1.81. The first kappa shape index (κ1) is 11.7. The number of amides is 1. The molecule has 2 N–H and O–H groups in total.